The molecule has 12 aromatic carbocycles. The molecule has 0 amide bonds. The van der Waals surface area contributed by atoms with E-state index in [9.17, 15) is 0 Å². The number of para-hydroxylation sites is 2. The van der Waals surface area contributed by atoms with Gasteiger partial charge in [-0.1, -0.05) is 212 Å². The van der Waals surface area contributed by atoms with Crippen molar-refractivity contribution >= 4 is 82.1 Å². The van der Waals surface area contributed by atoms with Crippen LogP contribution in [0.1, 0.15) is 0 Å². The molecule has 0 fully saturated rings. The topological polar surface area (TPSA) is 16.4 Å². The van der Waals surface area contributed by atoms with Gasteiger partial charge in [0.1, 0.15) is 11.2 Å². The Morgan fingerprint density at radius 3 is 1.36 bits per heavy atom. The molecule has 0 unspecified atom stereocenters. The van der Waals surface area contributed by atoms with Gasteiger partial charge in [0.05, 0.1) is 5.69 Å². The second-order valence-electron chi connectivity index (χ2n) is 17.2. The summed E-state index contributed by atoms with van der Waals surface area (Å²) in [7, 11) is 0. The smallest absolute Gasteiger partial charge is 0.143 e. The van der Waals surface area contributed by atoms with E-state index in [-0.39, 0.29) is 0 Å². The quantitative estimate of drug-likeness (QED) is 0.149. The van der Waals surface area contributed by atoms with Crippen LogP contribution in [0.5, 0.6) is 0 Å². The van der Waals surface area contributed by atoms with Crippen LogP contribution >= 0.6 is 0 Å². The van der Waals surface area contributed by atoms with Crippen LogP contribution in [0.2, 0.25) is 0 Å². The second kappa shape index (κ2) is 15.5. The lowest BCUT2D eigenvalue weighted by atomic mass is 9.94. The lowest BCUT2D eigenvalue weighted by molar-refractivity contribution is 0.674. The van der Waals surface area contributed by atoms with Crippen molar-refractivity contribution in [2.75, 3.05) is 4.90 Å². The first-order valence-corrected chi connectivity index (χ1v) is 22.7. The van der Waals surface area contributed by atoms with E-state index in [0.717, 1.165) is 61.1 Å². The SMILES string of the molecule is c1ccc(N(c2ccc(-c3ccc(-c4cccc5ccccc45)cc3)cc2)c2ccc(-c3cccc4c3ccc3ccccc34)cc2)c(-c2cccc3c2oc2c4ccccc4ccc32)c1. The van der Waals surface area contributed by atoms with Crippen LogP contribution in [0.4, 0.5) is 17.1 Å². The van der Waals surface area contributed by atoms with E-state index in [2.05, 4.69) is 254 Å². The van der Waals surface area contributed by atoms with Crippen LogP contribution in [0.15, 0.2) is 253 Å². The molecule has 0 saturated carbocycles. The minimum Gasteiger partial charge on any atom is -0.455 e. The molecule has 0 N–H and O–H groups in total. The summed E-state index contributed by atoms with van der Waals surface area (Å²) in [4.78, 5) is 2.39. The average molecular weight is 840 g/mol. The Bertz CT molecular complexity index is 3970. The fourth-order valence-electron chi connectivity index (χ4n) is 10.3. The summed E-state index contributed by atoms with van der Waals surface area (Å²) < 4.78 is 6.93. The van der Waals surface area contributed by atoms with Crippen molar-refractivity contribution < 1.29 is 4.42 Å². The van der Waals surface area contributed by atoms with Crippen LogP contribution in [-0.2, 0) is 0 Å². The highest BCUT2D eigenvalue weighted by Gasteiger charge is 2.21. The van der Waals surface area contributed by atoms with Crippen molar-refractivity contribution in [2.24, 2.45) is 0 Å². The van der Waals surface area contributed by atoms with Crippen molar-refractivity contribution in [2.45, 2.75) is 0 Å². The highest BCUT2D eigenvalue weighted by atomic mass is 16.3. The number of fused-ring (bicyclic) bond motifs is 9. The first kappa shape index (κ1) is 37.8. The Balaban J connectivity index is 0.933. The van der Waals surface area contributed by atoms with E-state index in [1.165, 1.54) is 65.5 Å². The van der Waals surface area contributed by atoms with Crippen LogP contribution in [0, 0.1) is 0 Å². The number of hydrogen-bond acceptors (Lipinski definition) is 2. The third-order valence-electron chi connectivity index (χ3n) is 13.5. The predicted octanol–water partition coefficient (Wildman–Crippen LogP) is 18.3. The van der Waals surface area contributed by atoms with Crippen molar-refractivity contribution in [1.29, 1.82) is 0 Å². The zero-order valence-electron chi connectivity index (χ0n) is 36.0. The van der Waals surface area contributed by atoms with Gasteiger partial charge in [-0.05, 0) is 107 Å². The van der Waals surface area contributed by atoms with Gasteiger partial charge in [0.25, 0.3) is 0 Å². The van der Waals surface area contributed by atoms with E-state index in [0.29, 0.717) is 0 Å². The summed E-state index contributed by atoms with van der Waals surface area (Å²) in [6, 6.07) is 90.1. The Kier molecular flexibility index (Phi) is 8.89. The maximum Gasteiger partial charge on any atom is 0.143 e. The van der Waals surface area contributed by atoms with Gasteiger partial charge >= 0.3 is 0 Å². The monoisotopic (exact) mass is 839 g/mol. The summed E-state index contributed by atoms with van der Waals surface area (Å²) in [5, 5.41) is 12.1. The van der Waals surface area contributed by atoms with Gasteiger partial charge in [0, 0.05) is 38.7 Å². The molecule has 13 rings (SSSR count). The minimum atomic E-state index is 0.886. The van der Waals surface area contributed by atoms with E-state index < -0.39 is 0 Å². The van der Waals surface area contributed by atoms with Crippen molar-refractivity contribution in [1.82, 2.24) is 0 Å². The molecule has 0 radical (unpaired) electrons. The first-order chi connectivity index (χ1) is 32.7. The highest BCUT2D eigenvalue weighted by molar-refractivity contribution is 6.18. The average Bonchev–Trinajstić information content (AvgIpc) is 3.79. The van der Waals surface area contributed by atoms with Gasteiger partial charge in [-0.25, -0.2) is 0 Å². The molecule has 66 heavy (non-hydrogen) atoms. The Hall–Kier alpha value is -8.72. The molecule has 0 bridgehead atoms. The zero-order chi connectivity index (χ0) is 43.6. The molecule has 13 aromatic rings. The number of rotatable bonds is 7. The largest absolute Gasteiger partial charge is 0.455 e. The lowest BCUT2D eigenvalue weighted by Gasteiger charge is -2.28. The fourth-order valence-corrected chi connectivity index (χ4v) is 10.3. The van der Waals surface area contributed by atoms with Gasteiger partial charge in [-0.2, -0.15) is 0 Å². The van der Waals surface area contributed by atoms with E-state index in [1.807, 2.05) is 0 Å². The van der Waals surface area contributed by atoms with Crippen LogP contribution in [0.3, 0.4) is 0 Å². The molecule has 0 aliphatic carbocycles. The van der Waals surface area contributed by atoms with Crippen molar-refractivity contribution in [3.63, 3.8) is 0 Å². The number of benzene rings is 12. The third-order valence-corrected chi connectivity index (χ3v) is 13.5. The molecule has 1 aromatic heterocycles. The van der Waals surface area contributed by atoms with E-state index >= 15 is 0 Å². The zero-order valence-corrected chi connectivity index (χ0v) is 36.0. The maximum absolute atomic E-state index is 6.93. The number of hydrogen-bond donors (Lipinski definition) is 0. The Morgan fingerprint density at radius 2 is 0.652 bits per heavy atom. The molecule has 0 atom stereocenters. The standard InChI is InChI=1S/C64H41NO/c1-4-16-51-44(12-1)15-9-20-52(51)47-28-26-42(27-29-47)43-30-36-49(37-31-43)65(50-38-32-48(33-39-50)54-21-10-22-56-53-17-5-2-13-45(53)34-40-57(54)56)62-25-8-7-19-58(62)59-23-11-24-60-61-41-35-46-14-3-6-18-55(46)63(61)66-64(59)60/h1-41H. The van der Waals surface area contributed by atoms with Crippen molar-refractivity contribution in [3.05, 3.63) is 249 Å². The number of nitrogens with zero attached hydrogens (tertiary/aromatic N) is 1. The lowest BCUT2D eigenvalue weighted by Crippen LogP contribution is -2.11. The van der Waals surface area contributed by atoms with E-state index in [1.54, 1.807) is 0 Å². The maximum atomic E-state index is 6.93. The summed E-state index contributed by atoms with van der Waals surface area (Å²) in [6.45, 7) is 0. The van der Waals surface area contributed by atoms with Crippen LogP contribution in [-0.4, -0.2) is 0 Å². The molecule has 2 heteroatoms. The van der Waals surface area contributed by atoms with Gasteiger partial charge in [0.15, 0.2) is 0 Å². The highest BCUT2D eigenvalue weighted by Crippen LogP contribution is 2.46. The summed E-state index contributed by atoms with van der Waals surface area (Å²) >= 11 is 0. The minimum absolute atomic E-state index is 0.886. The number of furan rings is 1. The molecule has 0 aliphatic heterocycles. The normalized spacial score (nSPS) is 11.6. The molecular formula is C64H41NO. The third kappa shape index (κ3) is 6.26. The molecule has 0 aliphatic rings. The van der Waals surface area contributed by atoms with Crippen LogP contribution in [0.25, 0.3) is 110 Å². The molecule has 2 nitrogen and oxygen atoms in total. The summed E-state index contributed by atoms with van der Waals surface area (Å²) in [5.74, 6) is 0. The van der Waals surface area contributed by atoms with Gasteiger partial charge in [-0.15, -0.1) is 0 Å². The molecular weight excluding hydrogens is 799 g/mol. The predicted molar refractivity (Wildman–Crippen MR) is 280 cm³/mol. The Labute approximate surface area is 382 Å². The molecule has 0 saturated heterocycles. The summed E-state index contributed by atoms with van der Waals surface area (Å²) in [5.41, 5.74) is 14.3. The second-order valence-corrected chi connectivity index (χ2v) is 17.2. The number of anilines is 3. The fraction of sp³-hybridized carbons (Fsp3) is 0. The van der Waals surface area contributed by atoms with Gasteiger partial charge in [0.2, 0.25) is 0 Å². The van der Waals surface area contributed by atoms with Gasteiger partial charge in [-0.3, -0.25) is 0 Å². The van der Waals surface area contributed by atoms with E-state index in [4.69, 9.17) is 4.42 Å². The van der Waals surface area contributed by atoms with Gasteiger partial charge < -0.3 is 9.32 Å². The first-order valence-electron chi connectivity index (χ1n) is 22.7. The van der Waals surface area contributed by atoms with Crippen molar-refractivity contribution in [3.8, 4) is 44.5 Å². The molecule has 0 spiro atoms. The molecule has 308 valence electrons. The molecule has 1 heterocycles. The summed E-state index contributed by atoms with van der Waals surface area (Å²) in [6.07, 6.45) is 0. The Morgan fingerprint density at radius 1 is 0.227 bits per heavy atom. The van der Waals surface area contributed by atoms with Crippen LogP contribution < -0.4 is 4.90 Å².